The highest BCUT2D eigenvalue weighted by Gasteiger charge is 2.32. The lowest BCUT2D eigenvalue weighted by Crippen LogP contribution is -2.48. The maximum Gasteiger partial charge on any atom is 0.416 e. The molecule has 1 aliphatic heterocycles. The van der Waals surface area contributed by atoms with Gasteiger partial charge in [0, 0.05) is 33.1 Å². The van der Waals surface area contributed by atoms with Gasteiger partial charge in [-0.2, -0.15) is 13.2 Å². The second-order valence-electron chi connectivity index (χ2n) is 6.85. The molecular weight excluding hydrogens is 530 g/mol. The zero-order valence-corrected chi connectivity index (χ0v) is 20.1. The summed E-state index contributed by atoms with van der Waals surface area (Å²) in [6.45, 7) is 1.95. The maximum absolute atomic E-state index is 13.0. The van der Waals surface area contributed by atoms with Gasteiger partial charge in [0.05, 0.1) is 31.0 Å². The van der Waals surface area contributed by atoms with Gasteiger partial charge in [-0.05, 0) is 17.7 Å². The van der Waals surface area contributed by atoms with Crippen LogP contribution in [0, 0.1) is 0 Å². The summed E-state index contributed by atoms with van der Waals surface area (Å²) in [6, 6.07) is 5.30. The molecular formula is C19H25F3IN5OS. The van der Waals surface area contributed by atoms with Crippen molar-refractivity contribution in [2.75, 3.05) is 45.7 Å². The maximum atomic E-state index is 13.0. The number of aromatic nitrogens is 1. The van der Waals surface area contributed by atoms with E-state index >= 15 is 0 Å². The topological polar surface area (TPSA) is 53.0 Å². The Hall–Kier alpha value is -1.60. The predicted molar refractivity (Wildman–Crippen MR) is 124 cm³/mol. The summed E-state index contributed by atoms with van der Waals surface area (Å²) in [5, 5.41) is 6.19. The Morgan fingerprint density at radius 1 is 1.40 bits per heavy atom. The number of morpholine rings is 1. The quantitative estimate of drug-likeness (QED) is 0.352. The van der Waals surface area contributed by atoms with Gasteiger partial charge in [-0.1, -0.05) is 12.1 Å². The Balaban J connectivity index is 0.00000320. The normalized spacial score (nSPS) is 17.5. The first-order valence-corrected chi connectivity index (χ1v) is 10.0. The van der Waals surface area contributed by atoms with Crippen LogP contribution in [0.3, 0.4) is 0 Å². The number of thiazole rings is 1. The SMILES string of the molecule is CN=C(NCc1csc(N(C)C)n1)N1CCOC(c2cccc(C(F)(F)F)c2)C1.I. The fourth-order valence-corrected chi connectivity index (χ4v) is 3.80. The number of hydrogen-bond donors (Lipinski definition) is 1. The number of ether oxygens (including phenoxy) is 1. The van der Waals surface area contributed by atoms with Crippen LogP contribution in [-0.2, 0) is 17.5 Å². The van der Waals surface area contributed by atoms with E-state index in [1.165, 1.54) is 6.07 Å². The number of alkyl halides is 3. The molecule has 1 atom stereocenters. The molecule has 0 amide bonds. The number of guanidine groups is 1. The Morgan fingerprint density at radius 2 is 2.17 bits per heavy atom. The number of anilines is 1. The van der Waals surface area contributed by atoms with Gasteiger partial charge in [0.1, 0.15) is 6.10 Å². The van der Waals surface area contributed by atoms with Gasteiger partial charge in [-0.15, -0.1) is 35.3 Å². The van der Waals surface area contributed by atoms with Crippen molar-refractivity contribution in [3.63, 3.8) is 0 Å². The van der Waals surface area contributed by atoms with E-state index in [4.69, 9.17) is 4.74 Å². The van der Waals surface area contributed by atoms with Crippen LogP contribution in [0.5, 0.6) is 0 Å². The van der Waals surface area contributed by atoms with Crippen molar-refractivity contribution in [1.29, 1.82) is 0 Å². The van der Waals surface area contributed by atoms with Crippen LogP contribution in [0.25, 0.3) is 0 Å². The number of nitrogens with one attached hydrogen (secondary N) is 1. The van der Waals surface area contributed by atoms with E-state index in [0.717, 1.165) is 23.0 Å². The summed E-state index contributed by atoms with van der Waals surface area (Å²) < 4.78 is 44.8. The first kappa shape index (κ1) is 24.7. The van der Waals surface area contributed by atoms with E-state index in [2.05, 4.69) is 15.3 Å². The summed E-state index contributed by atoms with van der Waals surface area (Å²) in [5.41, 5.74) is 0.746. The van der Waals surface area contributed by atoms with Gasteiger partial charge in [-0.3, -0.25) is 4.99 Å². The fourth-order valence-electron chi connectivity index (χ4n) is 3.04. The highest BCUT2D eigenvalue weighted by atomic mass is 127. The van der Waals surface area contributed by atoms with Gasteiger partial charge in [0.15, 0.2) is 11.1 Å². The van der Waals surface area contributed by atoms with Crippen molar-refractivity contribution < 1.29 is 17.9 Å². The largest absolute Gasteiger partial charge is 0.416 e. The van der Waals surface area contributed by atoms with Crippen LogP contribution in [0.2, 0.25) is 0 Å². The standard InChI is InChI=1S/C19H24F3N5OS.HI/c1-23-17(24-10-15-12-29-18(25-15)26(2)3)27-7-8-28-16(11-27)13-5-4-6-14(9-13)19(20,21)22;/h4-6,9,12,16H,7-8,10-11H2,1-3H3,(H,23,24);1H. The summed E-state index contributed by atoms with van der Waals surface area (Å²) in [5.74, 6) is 0.671. The molecule has 0 aliphatic carbocycles. The minimum Gasteiger partial charge on any atom is -0.370 e. The van der Waals surface area contributed by atoms with E-state index in [1.54, 1.807) is 24.5 Å². The highest BCUT2D eigenvalue weighted by molar-refractivity contribution is 14.0. The summed E-state index contributed by atoms with van der Waals surface area (Å²) in [7, 11) is 5.57. The predicted octanol–water partition coefficient (Wildman–Crippen LogP) is 3.99. The van der Waals surface area contributed by atoms with Crippen molar-refractivity contribution in [3.8, 4) is 0 Å². The highest BCUT2D eigenvalue weighted by Crippen LogP contribution is 2.32. The summed E-state index contributed by atoms with van der Waals surface area (Å²) in [6.07, 6.45) is -4.83. The Morgan fingerprint density at radius 3 is 2.80 bits per heavy atom. The number of nitrogens with zero attached hydrogens (tertiary/aromatic N) is 4. The van der Waals surface area contributed by atoms with E-state index in [0.29, 0.717) is 37.8 Å². The van der Waals surface area contributed by atoms with Gasteiger partial charge in [0.25, 0.3) is 0 Å². The molecule has 166 valence electrons. The van der Waals surface area contributed by atoms with Crippen LogP contribution in [0.1, 0.15) is 22.9 Å². The zero-order chi connectivity index (χ0) is 21.0. The minimum atomic E-state index is -4.37. The first-order chi connectivity index (χ1) is 13.8. The average Bonchev–Trinajstić information content (AvgIpc) is 3.18. The Kier molecular flexibility index (Phi) is 8.73. The molecule has 3 rings (SSSR count). The van der Waals surface area contributed by atoms with Crippen LogP contribution in [-0.4, -0.2) is 56.7 Å². The lowest BCUT2D eigenvalue weighted by molar-refractivity contribution is -0.137. The monoisotopic (exact) mass is 555 g/mol. The molecule has 0 bridgehead atoms. The second kappa shape index (κ2) is 10.6. The van der Waals surface area contributed by atoms with E-state index in [-0.39, 0.29) is 24.0 Å². The number of halogens is 4. The molecule has 1 aliphatic rings. The van der Waals surface area contributed by atoms with Crippen LogP contribution in [0.4, 0.5) is 18.3 Å². The number of hydrogen-bond acceptors (Lipinski definition) is 5. The molecule has 11 heteroatoms. The third-order valence-corrected chi connectivity index (χ3v) is 5.57. The molecule has 1 N–H and O–H groups in total. The second-order valence-corrected chi connectivity index (χ2v) is 7.68. The van der Waals surface area contributed by atoms with Gasteiger partial charge < -0.3 is 19.9 Å². The molecule has 1 aromatic carbocycles. The van der Waals surface area contributed by atoms with Crippen molar-refractivity contribution in [2.24, 2.45) is 4.99 Å². The Bertz CT molecular complexity index is 859. The van der Waals surface area contributed by atoms with Crippen LogP contribution >= 0.6 is 35.3 Å². The molecule has 0 radical (unpaired) electrons. The molecule has 1 aromatic heterocycles. The van der Waals surface area contributed by atoms with Gasteiger partial charge >= 0.3 is 6.18 Å². The van der Waals surface area contributed by atoms with Crippen LogP contribution < -0.4 is 10.2 Å². The molecule has 1 saturated heterocycles. The van der Waals surface area contributed by atoms with E-state index < -0.39 is 17.8 Å². The van der Waals surface area contributed by atoms with Crippen molar-refractivity contribution in [2.45, 2.75) is 18.8 Å². The molecule has 1 unspecified atom stereocenters. The summed E-state index contributed by atoms with van der Waals surface area (Å²) >= 11 is 1.56. The zero-order valence-electron chi connectivity index (χ0n) is 16.9. The summed E-state index contributed by atoms with van der Waals surface area (Å²) in [4.78, 5) is 12.8. The van der Waals surface area contributed by atoms with Crippen LogP contribution in [0.15, 0.2) is 34.6 Å². The Labute approximate surface area is 195 Å². The van der Waals surface area contributed by atoms with Gasteiger partial charge in [0.2, 0.25) is 0 Å². The molecule has 30 heavy (non-hydrogen) atoms. The molecule has 6 nitrogen and oxygen atoms in total. The third-order valence-electron chi connectivity index (χ3n) is 4.51. The molecule has 0 saturated carbocycles. The van der Waals surface area contributed by atoms with Crippen molar-refractivity contribution in [1.82, 2.24) is 15.2 Å². The number of benzene rings is 1. The smallest absolute Gasteiger partial charge is 0.370 e. The average molecular weight is 555 g/mol. The van der Waals surface area contributed by atoms with Crippen molar-refractivity contribution >= 4 is 46.4 Å². The third kappa shape index (κ3) is 6.20. The number of rotatable bonds is 4. The number of aliphatic imine (C=N–C) groups is 1. The lowest BCUT2D eigenvalue weighted by atomic mass is 10.0. The lowest BCUT2D eigenvalue weighted by Gasteiger charge is -2.35. The van der Waals surface area contributed by atoms with Crippen molar-refractivity contribution in [3.05, 3.63) is 46.5 Å². The van der Waals surface area contributed by atoms with Gasteiger partial charge in [-0.25, -0.2) is 4.98 Å². The molecule has 2 heterocycles. The van der Waals surface area contributed by atoms with E-state index in [9.17, 15) is 13.2 Å². The first-order valence-electron chi connectivity index (χ1n) is 9.14. The van der Waals surface area contributed by atoms with E-state index in [1.807, 2.05) is 29.3 Å². The molecule has 1 fully saturated rings. The fraction of sp³-hybridized carbons (Fsp3) is 0.474. The molecule has 0 spiro atoms. The molecule has 2 aromatic rings. The minimum absolute atomic E-state index is 0.